The number of esters is 1. The zero-order chi connectivity index (χ0) is 29.4. The van der Waals surface area contributed by atoms with Crippen LogP contribution in [0, 0.1) is 0 Å². The molecule has 0 saturated carbocycles. The third-order valence-corrected chi connectivity index (χ3v) is 6.59. The summed E-state index contributed by atoms with van der Waals surface area (Å²) in [6.45, 7) is 6.78. The second-order valence-electron chi connectivity index (χ2n) is 9.08. The van der Waals surface area contributed by atoms with E-state index in [1.165, 1.54) is 4.90 Å². The molecule has 2 aromatic carbocycles. The van der Waals surface area contributed by atoms with E-state index in [2.05, 4.69) is 41.8 Å². The van der Waals surface area contributed by atoms with Crippen molar-refractivity contribution in [3.8, 4) is 0 Å². The summed E-state index contributed by atoms with van der Waals surface area (Å²) < 4.78 is 11.7. The first-order chi connectivity index (χ1) is 19.5. The van der Waals surface area contributed by atoms with Crippen LogP contribution in [-0.4, -0.2) is 79.8 Å². The van der Waals surface area contributed by atoms with E-state index in [-0.39, 0.29) is 19.4 Å². The number of aliphatic hydroxyl groups is 1. The lowest BCUT2D eigenvalue weighted by molar-refractivity contribution is -0.182. The number of carbonyl (C=O) groups is 3. The van der Waals surface area contributed by atoms with Crippen LogP contribution in [0.2, 0.25) is 0 Å². The molecule has 1 heterocycles. The lowest BCUT2D eigenvalue weighted by Gasteiger charge is -2.51. The third-order valence-electron chi connectivity index (χ3n) is 6.59. The Morgan fingerprint density at radius 3 is 2.20 bits per heavy atom. The number of allylic oxidation sites excluding steroid dienone is 3. The molecular weight excluding hydrogens is 508 g/mol. The van der Waals surface area contributed by atoms with E-state index in [4.69, 9.17) is 14.6 Å². The Hall–Kier alpha value is -3.85. The fourth-order valence-electron chi connectivity index (χ4n) is 4.92. The van der Waals surface area contributed by atoms with E-state index < -0.39 is 23.8 Å². The van der Waals surface area contributed by atoms with E-state index in [1.807, 2.05) is 55.5 Å². The van der Waals surface area contributed by atoms with Gasteiger partial charge in [0.1, 0.15) is 25.2 Å². The molecule has 0 aromatic heterocycles. The topological polar surface area (TPSA) is 96.4 Å². The monoisotopic (exact) mass is 548 g/mol. The van der Waals surface area contributed by atoms with E-state index in [1.54, 1.807) is 13.1 Å². The molecule has 0 spiro atoms. The first kappa shape index (κ1) is 32.4. The number of hydrogen-bond donors (Lipinski definition) is 1. The summed E-state index contributed by atoms with van der Waals surface area (Å²) in [4.78, 5) is 38.4. The molecule has 8 heteroatoms. The van der Waals surface area contributed by atoms with Gasteiger partial charge in [0.25, 0.3) is 0 Å². The number of aliphatic hydroxyl groups excluding tert-OH is 1. The predicted molar refractivity (Wildman–Crippen MR) is 155 cm³/mol. The zero-order valence-electron chi connectivity index (χ0n) is 23.5. The number of benzene rings is 2. The summed E-state index contributed by atoms with van der Waals surface area (Å²) in [6.07, 6.45) is 8.31. The van der Waals surface area contributed by atoms with Crippen molar-refractivity contribution in [1.82, 2.24) is 9.80 Å². The molecule has 3 rings (SSSR count). The number of carbonyl (C=O) groups excluding carboxylic acids is 3. The van der Waals surface area contributed by atoms with Crippen LogP contribution >= 0.6 is 0 Å². The van der Waals surface area contributed by atoms with E-state index in [0.29, 0.717) is 19.4 Å². The fraction of sp³-hybridized carbons (Fsp3) is 0.344. The zero-order valence-corrected chi connectivity index (χ0v) is 23.5. The van der Waals surface area contributed by atoms with Crippen LogP contribution in [0.25, 0.3) is 0 Å². The van der Waals surface area contributed by atoms with Gasteiger partial charge in [0.05, 0.1) is 12.0 Å². The summed E-state index contributed by atoms with van der Waals surface area (Å²) in [5.41, 5.74) is 2.29. The summed E-state index contributed by atoms with van der Waals surface area (Å²) in [5.74, 6) is -0.461. The molecule has 0 bridgehead atoms. The molecule has 2 unspecified atom stereocenters. The van der Waals surface area contributed by atoms with Crippen LogP contribution in [-0.2, 0) is 29.4 Å². The number of nitrogens with zero attached hydrogens (tertiary/aromatic N) is 2. The smallest absolute Gasteiger partial charge is 0.306 e. The average Bonchev–Trinajstić information content (AvgIpc) is 3.01. The van der Waals surface area contributed by atoms with Gasteiger partial charge in [0, 0.05) is 33.7 Å². The number of aldehydes is 1. The van der Waals surface area contributed by atoms with E-state index in [0.717, 1.165) is 30.2 Å². The standard InChI is InChI=1S/C31H36N2O5.CH4O/c1-4-13-25(14-5-2)31(26-15-8-6-9-16-26,27-17-10-7-11-18-27)33-21-28(23-37-30(36)19-12-20-34)38-29(22-33)32(3)24-35;1-2/h4-11,13-18,20,24,28-29H,1,12,19,21-23H2,2-3H3;2H,1H3/b14-5-,25-13+;. The van der Waals surface area contributed by atoms with Crippen molar-refractivity contribution in [2.75, 3.05) is 33.9 Å². The van der Waals surface area contributed by atoms with Crippen molar-refractivity contribution in [1.29, 1.82) is 0 Å². The number of hydrogen-bond acceptors (Lipinski definition) is 7. The minimum Gasteiger partial charge on any atom is -0.463 e. The molecule has 1 aliphatic heterocycles. The van der Waals surface area contributed by atoms with Gasteiger partial charge in [-0.3, -0.25) is 14.5 Å². The van der Waals surface area contributed by atoms with Crippen molar-refractivity contribution < 1.29 is 29.0 Å². The van der Waals surface area contributed by atoms with Gasteiger partial charge in [0.15, 0.2) is 0 Å². The summed E-state index contributed by atoms with van der Waals surface area (Å²) in [7, 11) is 2.67. The number of amides is 1. The van der Waals surface area contributed by atoms with Gasteiger partial charge in [-0.05, 0) is 23.6 Å². The highest BCUT2D eigenvalue weighted by Gasteiger charge is 2.47. The van der Waals surface area contributed by atoms with Gasteiger partial charge < -0.3 is 24.3 Å². The molecule has 8 nitrogen and oxygen atoms in total. The van der Waals surface area contributed by atoms with Gasteiger partial charge in [-0.25, -0.2) is 0 Å². The molecule has 0 radical (unpaired) electrons. The minimum absolute atomic E-state index is 0.00116. The summed E-state index contributed by atoms with van der Waals surface area (Å²) >= 11 is 0. The maximum Gasteiger partial charge on any atom is 0.306 e. The lowest BCUT2D eigenvalue weighted by atomic mass is 9.74. The SMILES string of the molecule is C=C/C=C(\C=C/C)C(c1ccccc1)(c1ccccc1)N1CC(COC(=O)CCC=O)OC(N(C)C=O)C1.CO. The molecule has 40 heavy (non-hydrogen) atoms. The minimum atomic E-state index is -0.769. The van der Waals surface area contributed by atoms with Gasteiger partial charge in [-0.1, -0.05) is 91.5 Å². The molecule has 2 atom stereocenters. The van der Waals surface area contributed by atoms with Crippen molar-refractivity contribution in [3.05, 3.63) is 108 Å². The highest BCUT2D eigenvalue weighted by atomic mass is 16.6. The van der Waals surface area contributed by atoms with Crippen LogP contribution in [0.5, 0.6) is 0 Å². The number of ether oxygens (including phenoxy) is 2. The van der Waals surface area contributed by atoms with Crippen LogP contribution in [0.4, 0.5) is 0 Å². The number of likely N-dealkylation sites (N-methyl/N-ethyl adjacent to an activating group) is 1. The van der Waals surface area contributed by atoms with Crippen molar-refractivity contribution in [2.45, 2.75) is 37.6 Å². The van der Waals surface area contributed by atoms with E-state index >= 15 is 0 Å². The van der Waals surface area contributed by atoms with Crippen LogP contribution in [0.3, 0.4) is 0 Å². The maximum atomic E-state index is 12.2. The molecule has 0 aliphatic carbocycles. The van der Waals surface area contributed by atoms with Crippen molar-refractivity contribution in [2.24, 2.45) is 0 Å². The third kappa shape index (κ3) is 7.85. The van der Waals surface area contributed by atoms with Gasteiger partial charge in [-0.2, -0.15) is 0 Å². The first-order valence-corrected chi connectivity index (χ1v) is 13.2. The summed E-state index contributed by atoms with van der Waals surface area (Å²) in [5, 5.41) is 7.00. The second-order valence-corrected chi connectivity index (χ2v) is 9.08. The summed E-state index contributed by atoms with van der Waals surface area (Å²) in [6, 6.07) is 20.4. The Morgan fingerprint density at radius 1 is 1.10 bits per heavy atom. The Balaban J connectivity index is 0.00000274. The predicted octanol–water partition coefficient (Wildman–Crippen LogP) is 3.86. The molecule has 1 aliphatic rings. The molecule has 1 fully saturated rings. The van der Waals surface area contributed by atoms with Crippen molar-refractivity contribution in [3.63, 3.8) is 0 Å². The maximum absolute atomic E-state index is 12.2. The lowest BCUT2D eigenvalue weighted by Crippen LogP contribution is -2.61. The molecular formula is C32H40N2O6. The van der Waals surface area contributed by atoms with E-state index in [9.17, 15) is 14.4 Å². The first-order valence-electron chi connectivity index (χ1n) is 13.2. The molecule has 1 saturated heterocycles. The molecule has 1 N–H and O–H groups in total. The normalized spacial score (nSPS) is 17.9. The number of morpholine rings is 1. The quantitative estimate of drug-likeness (QED) is 0.231. The number of rotatable bonds is 13. The van der Waals surface area contributed by atoms with Crippen LogP contribution < -0.4 is 0 Å². The van der Waals surface area contributed by atoms with Gasteiger partial charge >= 0.3 is 5.97 Å². The van der Waals surface area contributed by atoms with Crippen molar-refractivity contribution >= 4 is 18.7 Å². The highest BCUT2D eigenvalue weighted by Crippen LogP contribution is 2.44. The molecule has 1 amide bonds. The molecule has 2 aromatic rings. The molecule has 214 valence electrons. The van der Waals surface area contributed by atoms with Crippen LogP contribution in [0.15, 0.2) is 97.1 Å². The Morgan fingerprint density at radius 2 is 1.70 bits per heavy atom. The Kier molecular flexibility index (Phi) is 13.7. The largest absolute Gasteiger partial charge is 0.463 e. The fourth-order valence-corrected chi connectivity index (χ4v) is 4.92. The average molecular weight is 549 g/mol. The highest BCUT2D eigenvalue weighted by molar-refractivity contribution is 5.72. The van der Waals surface area contributed by atoms with Gasteiger partial charge in [0.2, 0.25) is 6.41 Å². The van der Waals surface area contributed by atoms with Crippen LogP contribution in [0.1, 0.15) is 30.9 Å². The second kappa shape index (κ2) is 17.0. The Bertz CT molecular complexity index is 1090. The van der Waals surface area contributed by atoms with Gasteiger partial charge in [-0.15, -0.1) is 0 Å². The Labute approximate surface area is 237 Å².